The van der Waals surface area contributed by atoms with E-state index in [1.165, 1.54) is 11.0 Å². The van der Waals surface area contributed by atoms with E-state index in [1.54, 1.807) is 12.1 Å². The Morgan fingerprint density at radius 2 is 1.93 bits per heavy atom. The van der Waals surface area contributed by atoms with Gasteiger partial charge in [0.1, 0.15) is 5.54 Å². The molecule has 0 bridgehead atoms. The van der Waals surface area contributed by atoms with Gasteiger partial charge in [-0.1, -0.05) is 30.1 Å². The predicted molar refractivity (Wildman–Crippen MR) is 113 cm³/mol. The number of carbonyl (C=O) groups excluding carboxylic acids is 4. The Bertz CT molecular complexity index is 868. The lowest BCUT2D eigenvalue weighted by Gasteiger charge is -2.36. The third kappa shape index (κ3) is 4.87. The van der Waals surface area contributed by atoms with Crippen LogP contribution in [0.15, 0.2) is 18.2 Å². The molecule has 1 saturated carbocycles. The van der Waals surface area contributed by atoms with Gasteiger partial charge in [0.05, 0.1) is 17.3 Å². The van der Waals surface area contributed by atoms with E-state index in [4.69, 9.17) is 23.2 Å². The van der Waals surface area contributed by atoms with Gasteiger partial charge in [0, 0.05) is 17.5 Å². The minimum absolute atomic E-state index is 0.0928. The van der Waals surface area contributed by atoms with E-state index in [1.807, 2.05) is 6.92 Å². The highest BCUT2D eigenvalue weighted by molar-refractivity contribution is 6.36. The van der Waals surface area contributed by atoms with Gasteiger partial charge in [0.25, 0.3) is 5.91 Å². The molecule has 0 aromatic heterocycles. The lowest BCUT2D eigenvalue weighted by Crippen LogP contribution is -2.51. The number of hydrogen-bond acceptors (Lipinski definition) is 4. The van der Waals surface area contributed by atoms with Gasteiger partial charge in [-0.3, -0.25) is 19.7 Å². The average Bonchev–Trinajstić information content (AvgIpc) is 2.96. The first-order chi connectivity index (χ1) is 14.2. The molecule has 30 heavy (non-hydrogen) atoms. The average molecular weight is 455 g/mol. The summed E-state index contributed by atoms with van der Waals surface area (Å²) in [5.74, 6) is -1.09. The van der Waals surface area contributed by atoms with E-state index in [2.05, 4.69) is 16.0 Å². The van der Waals surface area contributed by atoms with Crippen molar-refractivity contribution in [3.05, 3.63) is 28.2 Å². The first kappa shape index (κ1) is 22.4. The Balaban J connectivity index is 1.60. The molecule has 1 heterocycles. The predicted octanol–water partition coefficient (Wildman–Crippen LogP) is 2.94. The Morgan fingerprint density at radius 3 is 2.50 bits per heavy atom. The maximum absolute atomic E-state index is 13.1. The number of urea groups is 1. The van der Waals surface area contributed by atoms with Gasteiger partial charge in [-0.05, 0) is 50.3 Å². The number of nitrogens with one attached hydrogen (secondary N) is 3. The third-order valence-corrected chi connectivity index (χ3v) is 6.10. The minimum atomic E-state index is -0.911. The van der Waals surface area contributed by atoms with Crippen LogP contribution in [-0.4, -0.2) is 47.3 Å². The van der Waals surface area contributed by atoms with Crippen LogP contribution in [0.4, 0.5) is 10.5 Å². The van der Waals surface area contributed by atoms with Crippen molar-refractivity contribution in [1.29, 1.82) is 0 Å². The molecular weight excluding hydrogens is 431 g/mol. The molecule has 1 aromatic carbocycles. The minimum Gasteiger partial charge on any atom is -0.333 e. The summed E-state index contributed by atoms with van der Waals surface area (Å²) < 4.78 is 0. The molecule has 1 aromatic rings. The van der Waals surface area contributed by atoms with Crippen LogP contribution in [0.3, 0.4) is 0 Å². The summed E-state index contributed by atoms with van der Waals surface area (Å²) >= 11 is 12.0. The SMILES string of the molecule is CCCN(CC(=O)Nc1ccc(Cl)cc1Cl)C(=O)C1CCC2(CC1)NC(=O)NC2=O. The zero-order valence-electron chi connectivity index (χ0n) is 16.6. The van der Waals surface area contributed by atoms with E-state index in [9.17, 15) is 19.2 Å². The van der Waals surface area contributed by atoms with E-state index in [0.29, 0.717) is 54.4 Å². The van der Waals surface area contributed by atoms with Crippen molar-refractivity contribution in [2.45, 2.75) is 44.6 Å². The second kappa shape index (κ2) is 9.22. The van der Waals surface area contributed by atoms with E-state index in [-0.39, 0.29) is 30.2 Å². The van der Waals surface area contributed by atoms with Crippen molar-refractivity contribution in [3.8, 4) is 0 Å². The Morgan fingerprint density at radius 1 is 1.23 bits per heavy atom. The molecule has 2 fully saturated rings. The number of imide groups is 1. The number of anilines is 1. The monoisotopic (exact) mass is 454 g/mol. The topological polar surface area (TPSA) is 108 Å². The van der Waals surface area contributed by atoms with Crippen LogP contribution in [0.1, 0.15) is 39.0 Å². The second-order valence-electron chi connectivity index (χ2n) is 7.70. The summed E-state index contributed by atoms with van der Waals surface area (Å²) in [7, 11) is 0. The summed E-state index contributed by atoms with van der Waals surface area (Å²) in [4.78, 5) is 50.6. The third-order valence-electron chi connectivity index (χ3n) is 5.55. The highest BCUT2D eigenvalue weighted by atomic mass is 35.5. The molecule has 1 aliphatic carbocycles. The molecule has 1 aliphatic heterocycles. The standard InChI is InChI=1S/C20H24Cl2N4O4/c1-2-9-26(11-16(27)23-15-4-3-13(21)10-14(15)22)17(28)12-5-7-20(8-6-12)18(29)24-19(30)25-20/h3-4,10,12H,2,5-9,11H2,1H3,(H,23,27)(H2,24,25,29,30). The van der Waals surface area contributed by atoms with Crippen LogP contribution in [0.2, 0.25) is 10.0 Å². The fourth-order valence-electron chi connectivity index (χ4n) is 3.99. The largest absolute Gasteiger partial charge is 0.333 e. The lowest BCUT2D eigenvalue weighted by atomic mass is 9.76. The van der Waals surface area contributed by atoms with Crippen LogP contribution < -0.4 is 16.0 Å². The number of rotatable bonds is 6. The van der Waals surface area contributed by atoms with Gasteiger partial charge in [-0.2, -0.15) is 0 Å². The molecule has 0 radical (unpaired) electrons. The van der Waals surface area contributed by atoms with Crippen molar-refractivity contribution >= 4 is 52.6 Å². The van der Waals surface area contributed by atoms with Gasteiger partial charge in [-0.15, -0.1) is 0 Å². The molecule has 0 unspecified atom stereocenters. The van der Waals surface area contributed by atoms with Gasteiger partial charge in [0.2, 0.25) is 11.8 Å². The van der Waals surface area contributed by atoms with Gasteiger partial charge < -0.3 is 15.5 Å². The first-order valence-corrected chi connectivity index (χ1v) is 10.7. The van der Waals surface area contributed by atoms with Crippen molar-refractivity contribution in [2.75, 3.05) is 18.4 Å². The summed E-state index contributed by atoms with van der Waals surface area (Å²) in [6, 6.07) is 4.27. The highest BCUT2D eigenvalue weighted by Gasteiger charge is 2.49. The van der Waals surface area contributed by atoms with Crippen LogP contribution in [0, 0.1) is 5.92 Å². The van der Waals surface area contributed by atoms with E-state index >= 15 is 0 Å². The Kier molecular flexibility index (Phi) is 6.88. The molecular formula is C20H24Cl2N4O4. The number of nitrogens with zero attached hydrogens (tertiary/aromatic N) is 1. The number of amides is 5. The van der Waals surface area contributed by atoms with Crippen LogP contribution in [-0.2, 0) is 14.4 Å². The van der Waals surface area contributed by atoms with Crippen LogP contribution in [0.25, 0.3) is 0 Å². The van der Waals surface area contributed by atoms with Gasteiger partial charge in [-0.25, -0.2) is 4.79 Å². The van der Waals surface area contributed by atoms with Crippen molar-refractivity contribution in [2.24, 2.45) is 5.92 Å². The zero-order chi connectivity index (χ0) is 21.9. The summed E-state index contributed by atoms with van der Waals surface area (Å²) in [6.07, 6.45) is 2.44. The maximum Gasteiger partial charge on any atom is 0.322 e. The molecule has 10 heteroatoms. The van der Waals surface area contributed by atoms with Gasteiger partial charge in [0.15, 0.2) is 0 Å². The fraction of sp³-hybridized carbons (Fsp3) is 0.500. The van der Waals surface area contributed by atoms with Crippen molar-refractivity contribution in [3.63, 3.8) is 0 Å². The molecule has 5 amide bonds. The number of carbonyl (C=O) groups is 4. The van der Waals surface area contributed by atoms with Crippen LogP contribution in [0.5, 0.6) is 0 Å². The summed E-state index contributed by atoms with van der Waals surface area (Å²) in [5, 5.41) is 8.45. The van der Waals surface area contributed by atoms with Crippen molar-refractivity contribution < 1.29 is 19.2 Å². The first-order valence-electron chi connectivity index (χ1n) is 9.91. The number of halogens is 2. The quantitative estimate of drug-likeness (QED) is 0.574. The maximum atomic E-state index is 13.1. The molecule has 3 rings (SSSR count). The Labute approximate surface area is 184 Å². The molecule has 2 aliphatic rings. The smallest absolute Gasteiger partial charge is 0.322 e. The zero-order valence-corrected chi connectivity index (χ0v) is 18.1. The molecule has 162 valence electrons. The van der Waals surface area contributed by atoms with E-state index < -0.39 is 11.6 Å². The van der Waals surface area contributed by atoms with Gasteiger partial charge >= 0.3 is 6.03 Å². The normalized spacial score (nSPS) is 23.1. The summed E-state index contributed by atoms with van der Waals surface area (Å²) in [6.45, 7) is 2.28. The second-order valence-corrected chi connectivity index (χ2v) is 8.54. The number of benzene rings is 1. The van der Waals surface area contributed by atoms with E-state index in [0.717, 1.165) is 0 Å². The van der Waals surface area contributed by atoms with Crippen molar-refractivity contribution in [1.82, 2.24) is 15.5 Å². The Hall–Kier alpha value is -2.32. The molecule has 1 spiro atoms. The molecule has 8 nitrogen and oxygen atoms in total. The molecule has 1 saturated heterocycles. The lowest BCUT2D eigenvalue weighted by molar-refractivity contribution is -0.140. The summed E-state index contributed by atoms with van der Waals surface area (Å²) in [5.41, 5.74) is -0.482. The molecule has 0 atom stereocenters. The van der Waals surface area contributed by atoms with Crippen LogP contribution >= 0.6 is 23.2 Å². The number of hydrogen-bond donors (Lipinski definition) is 3. The molecule has 3 N–H and O–H groups in total. The fourth-order valence-corrected chi connectivity index (χ4v) is 4.44. The highest BCUT2D eigenvalue weighted by Crippen LogP contribution is 2.35.